The van der Waals surface area contributed by atoms with E-state index in [1.54, 1.807) is 12.1 Å². The highest BCUT2D eigenvalue weighted by Crippen LogP contribution is 2.25. The van der Waals surface area contributed by atoms with E-state index in [0.717, 1.165) is 0 Å². The monoisotopic (exact) mass is 332 g/mol. The molecule has 0 bridgehead atoms. The highest BCUT2D eigenvalue weighted by Gasteiger charge is 2.14. The van der Waals surface area contributed by atoms with E-state index in [4.69, 9.17) is 15.4 Å². The van der Waals surface area contributed by atoms with Crippen molar-refractivity contribution in [3.05, 3.63) is 21.8 Å². The SMILES string of the molecule is COc1ccc(S(=O)(=O)Cl)c(I)c1. The van der Waals surface area contributed by atoms with E-state index in [-0.39, 0.29) is 4.90 Å². The smallest absolute Gasteiger partial charge is 0.262 e. The molecule has 0 unspecified atom stereocenters. The Kier molecular flexibility index (Phi) is 3.42. The van der Waals surface area contributed by atoms with Crippen molar-refractivity contribution in [3.8, 4) is 5.75 Å². The molecule has 13 heavy (non-hydrogen) atoms. The molecule has 0 amide bonds. The number of benzene rings is 1. The fraction of sp³-hybridized carbons (Fsp3) is 0.143. The summed E-state index contributed by atoms with van der Waals surface area (Å²) in [5, 5.41) is 0. The summed E-state index contributed by atoms with van der Waals surface area (Å²) < 4.78 is 27.4. The van der Waals surface area contributed by atoms with Crippen LogP contribution in [0.1, 0.15) is 0 Å². The summed E-state index contributed by atoms with van der Waals surface area (Å²) in [5.74, 6) is 0.605. The van der Waals surface area contributed by atoms with E-state index in [1.807, 2.05) is 22.6 Å². The standard InChI is InChI=1S/C7H6ClIO3S/c1-12-5-2-3-7(6(9)4-5)13(8,10)11/h2-4H,1H3. The summed E-state index contributed by atoms with van der Waals surface area (Å²) in [6, 6.07) is 4.58. The summed E-state index contributed by atoms with van der Waals surface area (Å²) in [4.78, 5) is 0.107. The van der Waals surface area contributed by atoms with Gasteiger partial charge in [-0.2, -0.15) is 0 Å². The Hall–Kier alpha value is -0.0100. The molecule has 0 aliphatic rings. The average molecular weight is 333 g/mol. The Labute approximate surface area is 94.6 Å². The lowest BCUT2D eigenvalue weighted by Gasteiger charge is -2.03. The van der Waals surface area contributed by atoms with Crippen LogP contribution in [0.25, 0.3) is 0 Å². The van der Waals surface area contributed by atoms with Crippen LogP contribution in [0.3, 0.4) is 0 Å². The van der Waals surface area contributed by atoms with Crippen LogP contribution in [0.5, 0.6) is 5.75 Å². The van der Waals surface area contributed by atoms with Crippen molar-refractivity contribution in [2.24, 2.45) is 0 Å². The maximum absolute atomic E-state index is 11.0. The van der Waals surface area contributed by atoms with E-state index in [1.165, 1.54) is 13.2 Å². The van der Waals surface area contributed by atoms with Crippen molar-refractivity contribution in [2.75, 3.05) is 7.11 Å². The quantitative estimate of drug-likeness (QED) is 0.616. The molecular weight excluding hydrogens is 326 g/mol. The summed E-state index contributed by atoms with van der Waals surface area (Å²) >= 11 is 1.89. The van der Waals surface area contributed by atoms with Gasteiger partial charge in [-0.25, -0.2) is 8.42 Å². The third-order valence-electron chi connectivity index (χ3n) is 1.40. The molecule has 0 aliphatic carbocycles. The van der Waals surface area contributed by atoms with Gasteiger partial charge in [0, 0.05) is 14.3 Å². The Balaban J connectivity index is 3.29. The predicted octanol–water partition coefficient (Wildman–Crippen LogP) is 2.23. The van der Waals surface area contributed by atoms with Crippen LogP contribution in [-0.4, -0.2) is 15.5 Å². The van der Waals surface area contributed by atoms with Gasteiger partial charge in [-0.15, -0.1) is 0 Å². The molecule has 0 aromatic heterocycles. The summed E-state index contributed by atoms with van der Waals surface area (Å²) in [7, 11) is 3.05. The van der Waals surface area contributed by atoms with Gasteiger partial charge in [0.1, 0.15) is 5.75 Å². The van der Waals surface area contributed by atoms with Crippen LogP contribution in [0, 0.1) is 3.57 Å². The molecule has 1 aromatic rings. The molecule has 6 heteroatoms. The minimum Gasteiger partial charge on any atom is -0.497 e. The molecule has 1 aromatic carbocycles. The lowest BCUT2D eigenvalue weighted by molar-refractivity contribution is 0.414. The van der Waals surface area contributed by atoms with Crippen molar-refractivity contribution < 1.29 is 13.2 Å². The number of methoxy groups -OCH3 is 1. The number of rotatable bonds is 2. The van der Waals surface area contributed by atoms with Crippen molar-refractivity contribution >= 4 is 42.3 Å². The van der Waals surface area contributed by atoms with Crippen molar-refractivity contribution in [1.82, 2.24) is 0 Å². The van der Waals surface area contributed by atoms with Gasteiger partial charge in [0.2, 0.25) is 0 Å². The largest absolute Gasteiger partial charge is 0.497 e. The zero-order valence-electron chi connectivity index (χ0n) is 6.62. The Morgan fingerprint density at radius 2 is 2.08 bits per heavy atom. The Bertz CT molecular complexity index is 416. The third kappa shape index (κ3) is 2.72. The van der Waals surface area contributed by atoms with Crippen LogP contribution < -0.4 is 4.74 Å². The normalized spacial score (nSPS) is 11.3. The molecule has 0 saturated carbocycles. The maximum atomic E-state index is 11.0. The van der Waals surface area contributed by atoms with Gasteiger partial charge in [-0.05, 0) is 40.8 Å². The van der Waals surface area contributed by atoms with Crippen LogP contribution in [0.2, 0.25) is 0 Å². The van der Waals surface area contributed by atoms with E-state index >= 15 is 0 Å². The summed E-state index contributed by atoms with van der Waals surface area (Å²) in [6.07, 6.45) is 0. The summed E-state index contributed by atoms with van der Waals surface area (Å²) in [5.41, 5.74) is 0. The number of ether oxygens (including phenoxy) is 1. The van der Waals surface area contributed by atoms with Crippen LogP contribution in [0.15, 0.2) is 23.1 Å². The summed E-state index contributed by atoms with van der Waals surface area (Å²) in [6.45, 7) is 0. The molecule has 3 nitrogen and oxygen atoms in total. The maximum Gasteiger partial charge on any atom is 0.262 e. The van der Waals surface area contributed by atoms with E-state index < -0.39 is 9.05 Å². The first kappa shape index (κ1) is 11.1. The van der Waals surface area contributed by atoms with E-state index in [2.05, 4.69) is 0 Å². The Morgan fingerprint density at radius 3 is 2.46 bits per heavy atom. The highest BCUT2D eigenvalue weighted by atomic mass is 127. The first-order valence-electron chi connectivity index (χ1n) is 3.23. The first-order valence-corrected chi connectivity index (χ1v) is 6.62. The van der Waals surface area contributed by atoms with Crippen molar-refractivity contribution in [3.63, 3.8) is 0 Å². The molecule has 0 fully saturated rings. The number of halogens is 2. The molecule has 0 N–H and O–H groups in total. The highest BCUT2D eigenvalue weighted by molar-refractivity contribution is 14.1. The topological polar surface area (TPSA) is 43.4 Å². The van der Waals surface area contributed by atoms with E-state index in [9.17, 15) is 8.42 Å². The molecule has 0 saturated heterocycles. The number of hydrogen-bond donors (Lipinski definition) is 0. The van der Waals surface area contributed by atoms with Gasteiger partial charge in [0.05, 0.1) is 12.0 Å². The average Bonchev–Trinajstić information content (AvgIpc) is 2.01. The Morgan fingerprint density at radius 1 is 1.46 bits per heavy atom. The molecular formula is C7H6ClIO3S. The van der Waals surface area contributed by atoms with Gasteiger partial charge >= 0.3 is 0 Å². The lowest BCUT2D eigenvalue weighted by atomic mass is 10.3. The van der Waals surface area contributed by atoms with Crippen LogP contribution in [0.4, 0.5) is 0 Å². The molecule has 1 rings (SSSR count). The third-order valence-corrected chi connectivity index (χ3v) is 4.04. The minimum atomic E-state index is -3.65. The van der Waals surface area contributed by atoms with Crippen molar-refractivity contribution in [1.29, 1.82) is 0 Å². The van der Waals surface area contributed by atoms with Crippen molar-refractivity contribution in [2.45, 2.75) is 4.90 Å². The second-order valence-electron chi connectivity index (χ2n) is 2.23. The molecule has 72 valence electrons. The van der Waals surface area contributed by atoms with Gasteiger partial charge in [0.25, 0.3) is 9.05 Å². The molecule has 0 atom stereocenters. The second kappa shape index (κ2) is 4.02. The fourth-order valence-electron chi connectivity index (χ4n) is 0.806. The van der Waals surface area contributed by atoms with Gasteiger partial charge < -0.3 is 4.74 Å². The molecule has 0 radical (unpaired) electrons. The molecule has 0 spiro atoms. The van der Waals surface area contributed by atoms with Gasteiger partial charge in [-0.3, -0.25) is 0 Å². The fourth-order valence-corrected chi connectivity index (χ4v) is 3.48. The van der Waals surface area contributed by atoms with E-state index in [0.29, 0.717) is 9.32 Å². The van der Waals surface area contributed by atoms with Crippen LogP contribution >= 0.6 is 33.3 Å². The minimum absolute atomic E-state index is 0.107. The zero-order valence-corrected chi connectivity index (χ0v) is 10.4. The zero-order chi connectivity index (χ0) is 10.1. The molecule has 0 aliphatic heterocycles. The van der Waals surface area contributed by atoms with Gasteiger partial charge in [-0.1, -0.05) is 0 Å². The van der Waals surface area contributed by atoms with Gasteiger partial charge in [0.15, 0.2) is 0 Å². The second-order valence-corrected chi connectivity index (χ2v) is 5.93. The molecule has 0 heterocycles. The van der Waals surface area contributed by atoms with Crippen LogP contribution in [-0.2, 0) is 9.05 Å². The predicted molar refractivity (Wildman–Crippen MR) is 58.7 cm³/mol. The lowest BCUT2D eigenvalue weighted by Crippen LogP contribution is -1.94. The first-order chi connectivity index (χ1) is 5.95. The number of hydrogen-bond acceptors (Lipinski definition) is 3.